The molecule has 3 N–H and O–H groups in total. The Morgan fingerprint density at radius 2 is 1.69 bits per heavy atom. The van der Waals surface area contributed by atoms with Crippen LogP contribution >= 0.6 is 34.8 Å². The van der Waals surface area contributed by atoms with Crippen molar-refractivity contribution in [2.75, 3.05) is 0 Å². The van der Waals surface area contributed by atoms with Gasteiger partial charge in [0.25, 0.3) is 0 Å². The first-order valence-electron chi connectivity index (χ1n) is 11.9. The van der Waals surface area contributed by atoms with Gasteiger partial charge in [-0.25, -0.2) is 5.53 Å². The van der Waals surface area contributed by atoms with Crippen LogP contribution in [0.15, 0.2) is 17.3 Å². The number of phenols is 2. The number of fused-ring (bicyclic) bond motifs is 2. The molecular formula is C26H31Cl3N2O5. The lowest BCUT2D eigenvalue weighted by molar-refractivity contribution is -0.169. The number of nitrogens with zero attached hydrogens (tertiary/aromatic N) is 1. The number of benzene rings is 1. The van der Waals surface area contributed by atoms with Crippen molar-refractivity contribution in [2.24, 2.45) is 16.4 Å². The molecule has 0 bridgehead atoms. The van der Waals surface area contributed by atoms with E-state index in [9.17, 15) is 19.8 Å². The van der Waals surface area contributed by atoms with Gasteiger partial charge in [0.2, 0.25) is 0 Å². The summed E-state index contributed by atoms with van der Waals surface area (Å²) < 4.78 is 6.52. The highest BCUT2D eigenvalue weighted by Gasteiger charge is 2.72. The summed E-state index contributed by atoms with van der Waals surface area (Å²) in [5.41, 5.74) is 3.75. The third-order valence-electron chi connectivity index (χ3n) is 8.65. The van der Waals surface area contributed by atoms with Crippen LogP contribution in [0.4, 0.5) is 5.69 Å². The molecule has 196 valence electrons. The molecule has 2 fully saturated rings. The van der Waals surface area contributed by atoms with Gasteiger partial charge in [0.1, 0.15) is 22.1 Å². The van der Waals surface area contributed by atoms with Crippen molar-refractivity contribution >= 4 is 52.1 Å². The molecule has 10 heteroatoms. The second-order valence-electron chi connectivity index (χ2n) is 11.4. The standard InChI is InChI=1S/C26H31Cl3N2O5/c1-11-7-8-14(27)23(3,4)13(11)9-26-22(35)16-17(19(32)12(2)20(33)18(16)31-30)21(34)25(26,29)10-15(28)24(5,6)36-26/h13-15,30,32-33H,1,7-10H2,2-6H3. The van der Waals surface area contributed by atoms with Crippen LogP contribution in [-0.2, 0) is 4.74 Å². The van der Waals surface area contributed by atoms with Crippen LogP contribution in [0.2, 0.25) is 0 Å². The van der Waals surface area contributed by atoms with Gasteiger partial charge in [0.05, 0.1) is 22.1 Å². The molecule has 2 aliphatic carbocycles. The number of alkyl halides is 3. The van der Waals surface area contributed by atoms with Gasteiger partial charge >= 0.3 is 0 Å². The zero-order valence-electron chi connectivity index (χ0n) is 21.0. The monoisotopic (exact) mass is 556 g/mol. The average molecular weight is 558 g/mol. The van der Waals surface area contributed by atoms with Crippen molar-refractivity contribution in [3.05, 3.63) is 28.8 Å². The predicted octanol–water partition coefficient (Wildman–Crippen LogP) is 6.96. The van der Waals surface area contributed by atoms with Gasteiger partial charge in [-0.05, 0) is 57.8 Å². The maximum atomic E-state index is 14.6. The minimum atomic E-state index is -1.96. The third-order valence-corrected chi connectivity index (χ3v) is 10.7. The van der Waals surface area contributed by atoms with E-state index in [1.807, 2.05) is 13.8 Å². The number of nitrogens with one attached hydrogen (secondary N) is 1. The van der Waals surface area contributed by atoms with Crippen molar-refractivity contribution in [1.82, 2.24) is 0 Å². The van der Waals surface area contributed by atoms with E-state index < -0.39 is 55.6 Å². The number of allylic oxidation sites excluding steroid dienone is 1. The van der Waals surface area contributed by atoms with E-state index in [2.05, 4.69) is 11.7 Å². The van der Waals surface area contributed by atoms with E-state index in [4.69, 9.17) is 45.1 Å². The molecule has 1 saturated carbocycles. The van der Waals surface area contributed by atoms with E-state index in [1.54, 1.807) is 13.8 Å². The number of hydrogen-bond acceptors (Lipinski definition) is 7. The Labute approximate surface area is 225 Å². The number of rotatable bonds is 3. The topological polar surface area (TPSA) is 120 Å². The van der Waals surface area contributed by atoms with Crippen LogP contribution < -0.4 is 0 Å². The first-order chi connectivity index (χ1) is 16.5. The van der Waals surface area contributed by atoms with Gasteiger partial charge in [-0.15, -0.1) is 34.8 Å². The van der Waals surface area contributed by atoms with Gasteiger partial charge in [-0.3, -0.25) is 9.59 Å². The highest BCUT2D eigenvalue weighted by molar-refractivity contribution is 6.46. The Hall–Kier alpha value is -1.67. The number of halogens is 3. The van der Waals surface area contributed by atoms with E-state index in [1.165, 1.54) is 6.92 Å². The number of phenolic OH excluding ortho intramolecular Hbond substituents is 2. The van der Waals surface area contributed by atoms with Gasteiger partial charge in [0.15, 0.2) is 17.2 Å². The Morgan fingerprint density at radius 3 is 2.28 bits per heavy atom. The molecule has 3 aliphatic rings. The van der Waals surface area contributed by atoms with Gasteiger partial charge in [0, 0.05) is 10.9 Å². The summed E-state index contributed by atoms with van der Waals surface area (Å²) in [6, 6.07) is 0. The normalized spacial score (nSPS) is 35.2. The van der Waals surface area contributed by atoms with Crippen molar-refractivity contribution in [3.8, 4) is 11.5 Å². The van der Waals surface area contributed by atoms with Crippen LogP contribution in [0.5, 0.6) is 11.5 Å². The molecule has 0 aromatic heterocycles. The van der Waals surface area contributed by atoms with Crippen molar-refractivity contribution < 1.29 is 24.5 Å². The van der Waals surface area contributed by atoms with E-state index >= 15 is 0 Å². The summed E-state index contributed by atoms with van der Waals surface area (Å²) in [6.07, 6.45) is 1.23. The van der Waals surface area contributed by atoms with Crippen LogP contribution in [0.1, 0.15) is 79.7 Å². The smallest absolute Gasteiger partial charge is 0.200 e. The van der Waals surface area contributed by atoms with Crippen LogP contribution in [0.25, 0.3) is 0 Å². The van der Waals surface area contributed by atoms with E-state index in [0.29, 0.717) is 6.42 Å². The van der Waals surface area contributed by atoms with E-state index in [0.717, 1.165) is 12.0 Å². The first kappa shape index (κ1) is 27.4. The van der Waals surface area contributed by atoms with Crippen LogP contribution in [0.3, 0.4) is 0 Å². The SMILES string of the molecule is C=C1CCC(Cl)C(C)(C)C1CC12OC(C)(C)C(Cl)CC1(Cl)C(=O)c1c(O)c(C)c(O)c(N=N)c1C2=O. The quantitative estimate of drug-likeness (QED) is 0.211. The minimum absolute atomic E-state index is 0.0184. The summed E-state index contributed by atoms with van der Waals surface area (Å²) in [6.45, 7) is 13.0. The highest BCUT2D eigenvalue weighted by Crippen LogP contribution is 2.62. The Balaban J connectivity index is 2.06. The fraction of sp³-hybridized carbons (Fsp3) is 0.615. The molecule has 5 atom stereocenters. The third kappa shape index (κ3) is 3.42. The molecule has 5 unspecified atom stereocenters. The number of aromatic hydroxyl groups is 2. The number of ether oxygens (including phenoxy) is 1. The molecule has 1 aromatic carbocycles. The zero-order valence-corrected chi connectivity index (χ0v) is 23.2. The summed E-state index contributed by atoms with van der Waals surface area (Å²) in [7, 11) is 0. The molecule has 1 heterocycles. The molecule has 1 aliphatic heterocycles. The van der Waals surface area contributed by atoms with Crippen molar-refractivity contribution in [1.29, 1.82) is 5.53 Å². The lowest BCUT2D eigenvalue weighted by Gasteiger charge is -2.59. The second-order valence-corrected chi connectivity index (χ2v) is 13.1. The zero-order chi connectivity index (χ0) is 27.2. The van der Waals surface area contributed by atoms with Crippen LogP contribution in [0, 0.1) is 23.8 Å². The molecule has 4 rings (SSSR count). The fourth-order valence-electron chi connectivity index (χ4n) is 6.13. The molecule has 0 radical (unpaired) electrons. The number of Topliss-reactive ketones (excluding diaryl/α,β-unsaturated/α-hetero) is 2. The number of carbonyl (C=O) groups excluding carboxylic acids is 2. The Morgan fingerprint density at radius 1 is 1.08 bits per heavy atom. The largest absolute Gasteiger partial charge is 0.507 e. The Bertz CT molecular complexity index is 1210. The predicted molar refractivity (Wildman–Crippen MR) is 139 cm³/mol. The Kier molecular flexibility index (Phi) is 6.40. The molecule has 7 nitrogen and oxygen atoms in total. The lowest BCUT2D eigenvalue weighted by atomic mass is 9.56. The highest BCUT2D eigenvalue weighted by atomic mass is 35.5. The molecule has 1 saturated heterocycles. The number of carbonyl (C=O) groups is 2. The van der Waals surface area contributed by atoms with Crippen LogP contribution in [-0.4, -0.2) is 48.6 Å². The summed E-state index contributed by atoms with van der Waals surface area (Å²) in [5, 5.41) is 23.9. The van der Waals surface area contributed by atoms with Crippen molar-refractivity contribution in [3.63, 3.8) is 0 Å². The average Bonchev–Trinajstić information content (AvgIpc) is 2.79. The summed E-state index contributed by atoms with van der Waals surface area (Å²) in [4.78, 5) is 26.8. The molecule has 0 amide bonds. The van der Waals surface area contributed by atoms with Gasteiger partial charge in [-0.1, -0.05) is 26.0 Å². The number of hydrogen-bond donors (Lipinski definition) is 3. The molecule has 0 spiro atoms. The lowest BCUT2D eigenvalue weighted by Crippen LogP contribution is -2.73. The molecule has 36 heavy (non-hydrogen) atoms. The first-order valence-corrected chi connectivity index (χ1v) is 13.1. The minimum Gasteiger partial charge on any atom is -0.507 e. The maximum absolute atomic E-state index is 14.6. The molecular weight excluding hydrogens is 527 g/mol. The maximum Gasteiger partial charge on any atom is 0.200 e. The second kappa shape index (κ2) is 8.42. The fourth-order valence-corrected chi connectivity index (χ4v) is 7.20. The summed E-state index contributed by atoms with van der Waals surface area (Å²) in [5.74, 6) is -2.99. The number of ketones is 2. The van der Waals surface area contributed by atoms with Crippen molar-refractivity contribution in [2.45, 2.75) is 87.1 Å². The van der Waals surface area contributed by atoms with E-state index in [-0.39, 0.29) is 40.8 Å². The van der Waals surface area contributed by atoms with Gasteiger partial charge < -0.3 is 14.9 Å². The van der Waals surface area contributed by atoms with Gasteiger partial charge in [-0.2, -0.15) is 5.11 Å². The summed E-state index contributed by atoms with van der Waals surface area (Å²) >= 11 is 20.6. The molecule has 1 aromatic rings.